The molecule has 1 aromatic rings. The van der Waals surface area contributed by atoms with E-state index in [1.165, 1.54) is 0 Å². The van der Waals surface area contributed by atoms with Gasteiger partial charge in [-0.15, -0.1) is 0 Å². The Morgan fingerprint density at radius 1 is 1.30 bits per heavy atom. The van der Waals surface area contributed by atoms with E-state index in [1.807, 2.05) is 13.1 Å². The molecular formula is C15H29N5. The maximum absolute atomic E-state index is 4.59. The van der Waals surface area contributed by atoms with Gasteiger partial charge in [-0.3, -0.25) is 0 Å². The van der Waals surface area contributed by atoms with Gasteiger partial charge in [0.1, 0.15) is 5.82 Å². The Morgan fingerprint density at radius 3 is 2.55 bits per heavy atom. The Kier molecular flexibility index (Phi) is 6.71. The molecule has 1 aromatic heterocycles. The average molecular weight is 279 g/mol. The van der Waals surface area contributed by atoms with Crippen LogP contribution in [0.3, 0.4) is 0 Å². The molecule has 1 atom stereocenters. The molecular weight excluding hydrogens is 250 g/mol. The summed E-state index contributed by atoms with van der Waals surface area (Å²) in [7, 11) is 4.19. The topological polar surface area (TPSA) is 53.1 Å². The molecule has 0 aliphatic carbocycles. The summed E-state index contributed by atoms with van der Waals surface area (Å²) in [5.74, 6) is 2.17. The molecule has 5 nitrogen and oxygen atoms in total. The number of hydrogen-bond donors (Lipinski definition) is 2. The Morgan fingerprint density at radius 2 is 2.00 bits per heavy atom. The van der Waals surface area contributed by atoms with Crippen molar-refractivity contribution in [1.29, 1.82) is 0 Å². The van der Waals surface area contributed by atoms with Crippen molar-refractivity contribution in [2.75, 3.05) is 37.8 Å². The van der Waals surface area contributed by atoms with Crippen LogP contribution in [-0.2, 0) is 0 Å². The first-order valence-electron chi connectivity index (χ1n) is 7.42. The van der Waals surface area contributed by atoms with E-state index in [1.54, 1.807) is 0 Å². The summed E-state index contributed by atoms with van der Waals surface area (Å²) in [6, 6.07) is 0.373. The van der Waals surface area contributed by atoms with Crippen LogP contribution in [0.25, 0.3) is 0 Å². The van der Waals surface area contributed by atoms with Gasteiger partial charge < -0.3 is 15.5 Å². The van der Waals surface area contributed by atoms with E-state index >= 15 is 0 Å². The Bertz CT molecular complexity index is 403. The van der Waals surface area contributed by atoms with E-state index in [2.05, 4.69) is 60.4 Å². The molecule has 1 heterocycles. The van der Waals surface area contributed by atoms with Gasteiger partial charge in [-0.05, 0) is 33.4 Å². The lowest BCUT2D eigenvalue weighted by Gasteiger charge is -2.26. The van der Waals surface area contributed by atoms with Crippen molar-refractivity contribution in [3.05, 3.63) is 11.8 Å². The van der Waals surface area contributed by atoms with Gasteiger partial charge in [-0.2, -0.15) is 4.98 Å². The molecule has 0 spiro atoms. The van der Waals surface area contributed by atoms with E-state index in [0.717, 1.165) is 30.9 Å². The zero-order valence-corrected chi connectivity index (χ0v) is 13.7. The molecule has 0 saturated carbocycles. The highest BCUT2D eigenvalue weighted by Crippen LogP contribution is 2.16. The molecule has 0 saturated heterocycles. The second kappa shape index (κ2) is 8.04. The summed E-state index contributed by atoms with van der Waals surface area (Å²) in [6.07, 6.45) is 2.94. The Balaban J connectivity index is 2.82. The molecule has 1 rings (SSSR count). The van der Waals surface area contributed by atoms with Crippen LogP contribution in [0.4, 0.5) is 11.8 Å². The lowest BCUT2D eigenvalue weighted by molar-refractivity contribution is 0.344. The van der Waals surface area contributed by atoms with Gasteiger partial charge in [0, 0.05) is 30.9 Å². The molecule has 0 bridgehead atoms. The Hall–Kier alpha value is -1.36. The smallest absolute Gasteiger partial charge is 0.224 e. The van der Waals surface area contributed by atoms with Crippen molar-refractivity contribution in [2.45, 2.75) is 40.2 Å². The third-order valence-corrected chi connectivity index (χ3v) is 3.19. The predicted molar refractivity (Wildman–Crippen MR) is 86.4 cm³/mol. The molecule has 0 radical (unpaired) electrons. The molecule has 0 amide bonds. The lowest BCUT2D eigenvalue weighted by atomic mass is 10.0. The van der Waals surface area contributed by atoms with Gasteiger partial charge in [0.2, 0.25) is 5.95 Å². The minimum Gasteiger partial charge on any atom is -0.365 e. The highest BCUT2D eigenvalue weighted by Gasteiger charge is 2.16. The third kappa shape index (κ3) is 5.33. The summed E-state index contributed by atoms with van der Waals surface area (Å²) in [6.45, 7) is 10.5. The zero-order chi connectivity index (χ0) is 15.1. The van der Waals surface area contributed by atoms with Crippen LogP contribution in [0.15, 0.2) is 6.20 Å². The van der Waals surface area contributed by atoms with Gasteiger partial charge in [0.05, 0.1) is 0 Å². The van der Waals surface area contributed by atoms with Crippen LogP contribution < -0.4 is 10.6 Å². The van der Waals surface area contributed by atoms with Crippen LogP contribution in [-0.4, -0.2) is 48.1 Å². The molecule has 5 heteroatoms. The second-order valence-corrected chi connectivity index (χ2v) is 5.91. The fourth-order valence-corrected chi connectivity index (χ4v) is 1.90. The Labute approximate surface area is 123 Å². The second-order valence-electron chi connectivity index (χ2n) is 5.91. The van der Waals surface area contributed by atoms with Crippen LogP contribution in [0.2, 0.25) is 0 Å². The molecule has 20 heavy (non-hydrogen) atoms. The lowest BCUT2D eigenvalue weighted by Crippen LogP contribution is -2.37. The fraction of sp³-hybridized carbons (Fsp3) is 0.733. The van der Waals surface area contributed by atoms with E-state index < -0.39 is 0 Å². The van der Waals surface area contributed by atoms with Crippen LogP contribution >= 0.6 is 0 Å². The average Bonchev–Trinajstić information content (AvgIpc) is 2.38. The zero-order valence-electron chi connectivity index (χ0n) is 13.7. The van der Waals surface area contributed by atoms with Gasteiger partial charge in [-0.1, -0.05) is 20.8 Å². The van der Waals surface area contributed by atoms with E-state index in [-0.39, 0.29) is 0 Å². The number of likely N-dealkylation sites (N-methyl/N-ethyl adjacent to an activating group) is 1. The monoisotopic (exact) mass is 279 g/mol. The first-order chi connectivity index (χ1) is 9.43. The van der Waals surface area contributed by atoms with Crippen LogP contribution in [0.1, 0.15) is 32.8 Å². The first-order valence-corrected chi connectivity index (χ1v) is 7.42. The standard InChI is InChI=1S/C15H29N5/c1-7-8-16-15-17-9-12(4)14(19-15)18-13(11(2)3)10-20(5)6/h9,11,13H,7-8,10H2,1-6H3,(H2,16,17,18,19). The summed E-state index contributed by atoms with van der Waals surface area (Å²) < 4.78 is 0. The summed E-state index contributed by atoms with van der Waals surface area (Å²) in [4.78, 5) is 11.1. The van der Waals surface area contributed by atoms with Gasteiger partial charge in [0.25, 0.3) is 0 Å². The maximum Gasteiger partial charge on any atom is 0.224 e. The van der Waals surface area contributed by atoms with Crippen LogP contribution in [0.5, 0.6) is 0 Å². The quantitative estimate of drug-likeness (QED) is 0.766. The summed E-state index contributed by atoms with van der Waals surface area (Å²) in [5, 5.41) is 6.79. The van der Waals surface area contributed by atoms with Gasteiger partial charge in [-0.25, -0.2) is 4.98 Å². The fourth-order valence-electron chi connectivity index (χ4n) is 1.90. The van der Waals surface area contributed by atoms with Crippen molar-refractivity contribution >= 4 is 11.8 Å². The third-order valence-electron chi connectivity index (χ3n) is 3.19. The predicted octanol–water partition coefficient (Wildman–Crippen LogP) is 2.61. The summed E-state index contributed by atoms with van der Waals surface area (Å²) in [5.41, 5.74) is 1.08. The number of anilines is 2. The molecule has 114 valence electrons. The minimum absolute atomic E-state index is 0.373. The molecule has 0 aromatic carbocycles. The highest BCUT2D eigenvalue weighted by molar-refractivity contribution is 5.47. The maximum atomic E-state index is 4.59. The SMILES string of the molecule is CCCNc1ncc(C)c(NC(CN(C)C)C(C)C)n1. The van der Waals surface area contributed by atoms with Crippen molar-refractivity contribution in [1.82, 2.24) is 14.9 Å². The van der Waals surface area contributed by atoms with Crippen molar-refractivity contribution in [3.63, 3.8) is 0 Å². The van der Waals surface area contributed by atoms with E-state index in [9.17, 15) is 0 Å². The highest BCUT2D eigenvalue weighted by atomic mass is 15.2. The van der Waals surface area contributed by atoms with Crippen molar-refractivity contribution in [2.24, 2.45) is 5.92 Å². The molecule has 1 unspecified atom stereocenters. The number of nitrogens with one attached hydrogen (secondary N) is 2. The molecule has 0 aliphatic heterocycles. The largest absolute Gasteiger partial charge is 0.365 e. The number of hydrogen-bond acceptors (Lipinski definition) is 5. The normalized spacial score (nSPS) is 12.8. The van der Waals surface area contributed by atoms with Crippen molar-refractivity contribution < 1.29 is 0 Å². The molecule has 0 fully saturated rings. The van der Waals surface area contributed by atoms with Crippen LogP contribution in [0, 0.1) is 12.8 Å². The number of rotatable bonds is 8. The first kappa shape index (κ1) is 16.7. The van der Waals surface area contributed by atoms with E-state index in [4.69, 9.17) is 0 Å². The molecule has 2 N–H and O–H groups in total. The van der Waals surface area contributed by atoms with Gasteiger partial charge >= 0.3 is 0 Å². The van der Waals surface area contributed by atoms with E-state index in [0.29, 0.717) is 17.9 Å². The minimum atomic E-state index is 0.373. The number of aromatic nitrogens is 2. The molecule has 0 aliphatic rings. The summed E-state index contributed by atoms with van der Waals surface area (Å²) >= 11 is 0. The number of aryl methyl sites for hydroxylation is 1. The van der Waals surface area contributed by atoms with Gasteiger partial charge in [0.15, 0.2) is 0 Å². The number of nitrogens with zero attached hydrogens (tertiary/aromatic N) is 3. The van der Waals surface area contributed by atoms with Crippen molar-refractivity contribution in [3.8, 4) is 0 Å².